The van der Waals surface area contributed by atoms with Gasteiger partial charge < -0.3 is 5.11 Å². The first-order valence-electron chi connectivity index (χ1n) is 8.84. The molecule has 2 saturated carbocycles. The number of phenols is 1. The second-order valence-electron chi connectivity index (χ2n) is 8.22. The first-order chi connectivity index (χ1) is 9.97. The van der Waals surface area contributed by atoms with Gasteiger partial charge in [-0.25, -0.2) is 0 Å². The zero-order valence-electron chi connectivity index (χ0n) is 13.9. The smallest absolute Gasteiger partial charge is 0.122 e. The Morgan fingerprint density at radius 3 is 1.52 bits per heavy atom. The minimum atomic E-state index is 0.161. The van der Waals surface area contributed by atoms with Gasteiger partial charge in [-0.1, -0.05) is 58.6 Å². The normalized spacial score (nSPS) is 21.3. The van der Waals surface area contributed by atoms with E-state index in [2.05, 4.69) is 32.9 Å². The first-order valence-corrected chi connectivity index (χ1v) is 8.84. The molecule has 0 aromatic heterocycles. The molecule has 0 spiro atoms. The van der Waals surface area contributed by atoms with E-state index in [4.69, 9.17) is 0 Å². The molecule has 0 heterocycles. The van der Waals surface area contributed by atoms with E-state index in [9.17, 15) is 5.11 Å². The Bertz CT molecular complexity index is 460. The summed E-state index contributed by atoms with van der Waals surface area (Å²) in [6.45, 7) is 6.86. The van der Waals surface area contributed by atoms with Crippen molar-refractivity contribution in [3.8, 4) is 5.75 Å². The summed E-state index contributed by atoms with van der Waals surface area (Å²) < 4.78 is 0. The van der Waals surface area contributed by atoms with Crippen molar-refractivity contribution in [2.24, 2.45) is 0 Å². The van der Waals surface area contributed by atoms with Crippen molar-refractivity contribution in [3.63, 3.8) is 0 Å². The van der Waals surface area contributed by atoms with Crippen molar-refractivity contribution < 1.29 is 5.11 Å². The van der Waals surface area contributed by atoms with Crippen molar-refractivity contribution in [2.75, 3.05) is 0 Å². The Hall–Kier alpha value is -0.980. The summed E-state index contributed by atoms with van der Waals surface area (Å²) in [4.78, 5) is 0. The third kappa shape index (κ3) is 2.98. The van der Waals surface area contributed by atoms with E-state index in [0.717, 1.165) is 0 Å². The molecule has 0 aliphatic heterocycles. The highest BCUT2D eigenvalue weighted by Crippen LogP contribution is 2.46. The van der Waals surface area contributed by atoms with Gasteiger partial charge in [0.05, 0.1) is 0 Å². The van der Waals surface area contributed by atoms with Gasteiger partial charge in [0.2, 0.25) is 0 Å². The minimum Gasteiger partial charge on any atom is -0.507 e. The van der Waals surface area contributed by atoms with Crippen LogP contribution in [0.4, 0.5) is 0 Å². The number of phenolic OH excluding ortho intramolecular Hbond substituents is 1. The average molecular weight is 286 g/mol. The summed E-state index contributed by atoms with van der Waals surface area (Å²) in [6, 6.07) is 4.62. The van der Waals surface area contributed by atoms with Crippen LogP contribution in [-0.2, 0) is 5.41 Å². The molecule has 2 aliphatic carbocycles. The van der Waals surface area contributed by atoms with E-state index in [-0.39, 0.29) is 5.41 Å². The zero-order valence-corrected chi connectivity index (χ0v) is 13.9. The van der Waals surface area contributed by atoms with Crippen LogP contribution in [0.2, 0.25) is 0 Å². The summed E-state index contributed by atoms with van der Waals surface area (Å²) in [5, 5.41) is 10.9. The van der Waals surface area contributed by atoms with E-state index in [1.54, 1.807) is 0 Å². The molecule has 3 rings (SSSR count). The summed E-state index contributed by atoms with van der Waals surface area (Å²) in [7, 11) is 0. The number of aromatic hydroxyl groups is 1. The van der Waals surface area contributed by atoms with Gasteiger partial charge in [-0.15, -0.1) is 0 Å². The van der Waals surface area contributed by atoms with Crippen LogP contribution in [-0.4, -0.2) is 5.11 Å². The fourth-order valence-electron chi connectivity index (χ4n) is 4.21. The molecule has 0 amide bonds. The van der Waals surface area contributed by atoms with Crippen LogP contribution in [0.1, 0.15) is 101 Å². The maximum atomic E-state index is 10.9. The van der Waals surface area contributed by atoms with Crippen molar-refractivity contribution in [3.05, 3.63) is 28.8 Å². The summed E-state index contributed by atoms with van der Waals surface area (Å²) in [5.41, 5.74) is 4.07. The fraction of sp³-hybridized carbons (Fsp3) is 0.700. The molecule has 0 saturated heterocycles. The van der Waals surface area contributed by atoms with Gasteiger partial charge >= 0.3 is 0 Å². The zero-order chi connectivity index (χ0) is 15.0. The number of hydrogen-bond donors (Lipinski definition) is 1. The predicted octanol–water partition coefficient (Wildman–Crippen LogP) is 6.00. The van der Waals surface area contributed by atoms with Gasteiger partial charge in [0.15, 0.2) is 0 Å². The molecule has 0 bridgehead atoms. The largest absolute Gasteiger partial charge is 0.507 e. The van der Waals surface area contributed by atoms with E-state index in [0.29, 0.717) is 17.6 Å². The Kier molecular flexibility index (Phi) is 4.03. The number of benzene rings is 1. The lowest BCUT2D eigenvalue weighted by atomic mass is 9.80. The van der Waals surface area contributed by atoms with Gasteiger partial charge in [0, 0.05) is 0 Å². The molecule has 0 unspecified atom stereocenters. The lowest BCUT2D eigenvalue weighted by molar-refractivity contribution is 0.445. The van der Waals surface area contributed by atoms with Crippen molar-refractivity contribution in [2.45, 2.75) is 89.4 Å². The van der Waals surface area contributed by atoms with Crippen LogP contribution < -0.4 is 0 Å². The molecule has 1 N–H and O–H groups in total. The van der Waals surface area contributed by atoms with Gasteiger partial charge in [0.25, 0.3) is 0 Å². The Labute approximate surface area is 129 Å². The van der Waals surface area contributed by atoms with Crippen molar-refractivity contribution in [1.82, 2.24) is 0 Å². The molecule has 21 heavy (non-hydrogen) atoms. The third-order valence-corrected chi connectivity index (χ3v) is 5.62. The highest BCUT2D eigenvalue weighted by atomic mass is 16.3. The Balaban J connectivity index is 2.07. The highest BCUT2D eigenvalue weighted by molar-refractivity contribution is 5.49. The van der Waals surface area contributed by atoms with E-state index >= 15 is 0 Å². The summed E-state index contributed by atoms with van der Waals surface area (Å²) in [5.74, 6) is 1.82. The number of hydrogen-bond acceptors (Lipinski definition) is 1. The molecular formula is C20H30O. The Morgan fingerprint density at radius 2 is 1.19 bits per heavy atom. The molecule has 1 nitrogen and oxygen atoms in total. The molecule has 2 aliphatic rings. The molecule has 0 atom stereocenters. The standard InChI is InChI=1S/C20H30O/c1-20(2,3)16-12-17(14-8-4-5-9-14)19(21)18(13-16)15-10-6-7-11-15/h12-15,21H,4-11H2,1-3H3. The van der Waals surface area contributed by atoms with E-state index in [1.807, 2.05) is 0 Å². The first kappa shape index (κ1) is 14.9. The van der Waals surface area contributed by atoms with Gasteiger partial charge in [-0.2, -0.15) is 0 Å². The fourth-order valence-corrected chi connectivity index (χ4v) is 4.21. The lowest BCUT2D eigenvalue weighted by Gasteiger charge is -2.26. The maximum absolute atomic E-state index is 10.9. The van der Waals surface area contributed by atoms with Gasteiger partial charge in [-0.3, -0.25) is 0 Å². The third-order valence-electron chi connectivity index (χ3n) is 5.62. The predicted molar refractivity (Wildman–Crippen MR) is 89.2 cm³/mol. The van der Waals surface area contributed by atoms with Crippen LogP contribution in [0.15, 0.2) is 12.1 Å². The molecule has 2 fully saturated rings. The average Bonchev–Trinajstić information content (AvgIpc) is 3.11. The monoisotopic (exact) mass is 286 g/mol. The maximum Gasteiger partial charge on any atom is 0.122 e. The molecule has 116 valence electrons. The quantitative estimate of drug-likeness (QED) is 0.706. The van der Waals surface area contributed by atoms with Crippen molar-refractivity contribution in [1.29, 1.82) is 0 Å². The topological polar surface area (TPSA) is 20.2 Å². The van der Waals surface area contributed by atoms with E-state index in [1.165, 1.54) is 68.1 Å². The van der Waals surface area contributed by atoms with Crippen LogP contribution in [0.5, 0.6) is 5.75 Å². The second kappa shape index (κ2) is 5.66. The molecule has 1 aromatic rings. The minimum absolute atomic E-state index is 0.161. The molecular weight excluding hydrogens is 256 g/mol. The van der Waals surface area contributed by atoms with Gasteiger partial charge in [-0.05, 0) is 59.6 Å². The Morgan fingerprint density at radius 1 is 0.810 bits per heavy atom. The van der Waals surface area contributed by atoms with Crippen LogP contribution >= 0.6 is 0 Å². The van der Waals surface area contributed by atoms with Crippen LogP contribution in [0.3, 0.4) is 0 Å². The second-order valence-corrected chi connectivity index (χ2v) is 8.22. The molecule has 0 radical (unpaired) electrons. The van der Waals surface area contributed by atoms with Crippen LogP contribution in [0.25, 0.3) is 0 Å². The summed E-state index contributed by atoms with van der Waals surface area (Å²) in [6.07, 6.45) is 10.3. The lowest BCUT2D eigenvalue weighted by Crippen LogP contribution is -2.13. The number of rotatable bonds is 2. The summed E-state index contributed by atoms with van der Waals surface area (Å²) >= 11 is 0. The molecule has 1 aromatic carbocycles. The SMILES string of the molecule is CC(C)(C)c1cc(C2CCCC2)c(O)c(C2CCCC2)c1. The highest BCUT2D eigenvalue weighted by Gasteiger charge is 2.28. The van der Waals surface area contributed by atoms with Gasteiger partial charge in [0.1, 0.15) is 5.75 Å². The van der Waals surface area contributed by atoms with Crippen LogP contribution in [0, 0.1) is 0 Å². The van der Waals surface area contributed by atoms with E-state index < -0.39 is 0 Å². The van der Waals surface area contributed by atoms with Crippen molar-refractivity contribution >= 4 is 0 Å². The molecule has 1 heteroatoms.